The van der Waals surface area contributed by atoms with Crippen molar-refractivity contribution in [1.82, 2.24) is 15.0 Å². The Morgan fingerprint density at radius 3 is 2.40 bits per heavy atom. The molecule has 0 saturated carbocycles. The average Bonchev–Trinajstić information content (AvgIpc) is 2.94. The lowest BCUT2D eigenvalue weighted by molar-refractivity contribution is 0.393. The maximum atomic E-state index is 6.33. The van der Waals surface area contributed by atoms with Gasteiger partial charge in [-0.1, -0.05) is 12.1 Å². The van der Waals surface area contributed by atoms with Gasteiger partial charge in [0.1, 0.15) is 11.5 Å². The van der Waals surface area contributed by atoms with E-state index in [0.29, 0.717) is 11.5 Å². The number of aryl methyl sites for hydroxylation is 1. The molecular formula is C14H20N4O2. The normalized spacial score (nSPS) is 12.2. The Morgan fingerprint density at radius 2 is 1.85 bits per heavy atom. The summed E-state index contributed by atoms with van der Waals surface area (Å²) in [6, 6.07) is 5.30. The van der Waals surface area contributed by atoms with Crippen molar-refractivity contribution in [3.8, 4) is 11.5 Å². The summed E-state index contributed by atoms with van der Waals surface area (Å²) >= 11 is 0. The first-order chi connectivity index (χ1) is 9.69. The number of nitrogens with two attached hydrogens (primary N) is 1. The van der Waals surface area contributed by atoms with E-state index in [1.54, 1.807) is 20.4 Å². The fourth-order valence-electron chi connectivity index (χ4n) is 2.07. The molecule has 0 saturated heterocycles. The highest BCUT2D eigenvalue weighted by Gasteiger charge is 2.16. The number of aromatic nitrogens is 3. The molecule has 1 unspecified atom stereocenters. The molecule has 0 fully saturated rings. The molecule has 0 amide bonds. The highest BCUT2D eigenvalue weighted by molar-refractivity contribution is 5.41. The summed E-state index contributed by atoms with van der Waals surface area (Å²) < 4.78 is 12.4. The van der Waals surface area contributed by atoms with Crippen LogP contribution in [-0.2, 0) is 6.54 Å². The molecule has 2 N–H and O–H groups in total. The Labute approximate surface area is 118 Å². The maximum Gasteiger partial charge on any atom is 0.122 e. The van der Waals surface area contributed by atoms with Gasteiger partial charge in [0.15, 0.2) is 0 Å². The summed E-state index contributed by atoms with van der Waals surface area (Å²) in [5, 5.41) is 8.00. The van der Waals surface area contributed by atoms with Gasteiger partial charge in [-0.25, -0.2) is 4.68 Å². The van der Waals surface area contributed by atoms with Gasteiger partial charge in [-0.2, -0.15) is 0 Å². The van der Waals surface area contributed by atoms with E-state index in [1.165, 1.54) is 0 Å². The molecule has 0 aliphatic carbocycles. The summed E-state index contributed by atoms with van der Waals surface area (Å²) in [7, 11) is 3.24. The average molecular weight is 276 g/mol. The zero-order chi connectivity index (χ0) is 14.5. The lowest BCUT2D eigenvalue weighted by Gasteiger charge is -2.15. The molecular weight excluding hydrogens is 256 g/mol. The first-order valence-electron chi connectivity index (χ1n) is 6.56. The summed E-state index contributed by atoms with van der Waals surface area (Å²) in [4.78, 5) is 0. The third kappa shape index (κ3) is 2.91. The number of benzene rings is 1. The first-order valence-corrected chi connectivity index (χ1v) is 6.56. The van der Waals surface area contributed by atoms with Crippen molar-refractivity contribution in [1.29, 1.82) is 0 Å². The number of nitrogens with zero attached hydrogens (tertiary/aromatic N) is 3. The van der Waals surface area contributed by atoms with Crippen LogP contribution in [0.5, 0.6) is 11.5 Å². The van der Waals surface area contributed by atoms with E-state index in [2.05, 4.69) is 17.2 Å². The van der Waals surface area contributed by atoms with Crippen molar-refractivity contribution >= 4 is 0 Å². The van der Waals surface area contributed by atoms with Crippen molar-refractivity contribution in [2.75, 3.05) is 14.2 Å². The predicted molar refractivity (Wildman–Crippen MR) is 75.9 cm³/mol. The van der Waals surface area contributed by atoms with Gasteiger partial charge in [0.2, 0.25) is 0 Å². The highest BCUT2D eigenvalue weighted by atomic mass is 16.5. The Balaban J connectivity index is 2.36. The van der Waals surface area contributed by atoms with Crippen molar-refractivity contribution in [3.63, 3.8) is 0 Å². The summed E-state index contributed by atoms with van der Waals surface area (Å²) in [6.45, 7) is 2.88. The van der Waals surface area contributed by atoms with Gasteiger partial charge in [-0.15, -0.1) is 5.10 Å². The molecule has 1 atom stereocenters. The highest BCUT2D eigenvalue weighted by Crippen LogP contribution is 2.28. The standard InChI is InChI=1S/C14H20N4O2/c1-4-5-18-13(9-16-17-18)14(15)10-6-11(19-2)8-12(7-10)20-3/h6-9,14H,4-5,15H2,1-3H3. The second-order valence-corrected chi connectivity index (χ2v) is 4.51. The van der Waals surface area contributed by atoms with Gasteiger partial charge in [0.05, 0.1) is 32.2 Å². The van der Waals surface area contributed by atoms with Gasteiger partial charge >= 0.3 is 0 Å². The Bertz CT molecular complexity index is 546. The van der Waals surface area contributed by atoms with Crippen molar-refractivity contribution in [2.24, 2.45) is 5.73 Å². The minimum atomic E-state index is -0.319. The molecule has 20 heavy (non-hydrogen) atoms. The molecule has 1 aromatic heterocycles. The van der Waals surface area contributed by atoms with Crippen LogP contribution >= 0.6 is 0 Å². The molecule has 6 nitrogen and oxygen atoms in total. The molecule has 2 aromatic rings. The van der Waals surface area contributed by atoms with E-state index in [9.17, 15) is 0 Å². The second-order valence-electron chi connectivity index (χ2n) is 4.51. The fourth-order valence-corrected chi connectivity index (χ4v) is 2.07. The van der Waals surface area contributed by atoms with Crippen LogP contribution < -0.4 is 15.2 Å². The van der Waals surface area contributed by atoms with Crippen molar-refractivity contribution in [3.05, 3.63) is 35.7 Å². The van der Waals surface area contributed by atoms with E-state index in [0.717, 1.165) is 24.2 Å². The Hall–Kier alpha value is -2.08. The summed E-state index contributed by atoms with van der Waals surface area (Å²) in [5.74, 6) is 1.42. The lowest BCUT2D eigenvalue weighted by atomic mass is 10.0. The topological polar surface area (TPSA) is 75.2 Å². The van der Waals surface area contributed by atoms with E-state index < -0.39 is 0 Å². The number of methoxy groups -OCH3 is 2. The molecule has 1 heterocycles. The molecule has 0 aliphatic rings. The SMILES string of the molecule is CCCn1nncc1C(N)c1cc(OC)cc(OC)c1. The molecule has 0 radical (unpaired) electrons. The van der Waals surface area contributed by atoms with Crippen LogP contribution in [0, 0.1) is 0 Å². The van der Waals surface area contributed by atoms with Crippen molar-refractivity contribution < 1.29 is 9.47 Å². The van der Waals surface area contributed by atoms with Gasteiger partial charge < -0.3 is 15.2 Å². The third-order valence-electron chi connectivity index (χ3n) is 3.13. The third-order valence-corrected chi connectivity index (χ3v) is 3.13. The number of rotatable bonds is 6. The quantitative estimate of drug-likeness (QED) is 0.870. The van der Waals surface area contributed by atoms with Crippen LogP contribution in [0.3, 0.4) is 0 Å². The minimum Gasteiger partial charge on any atom is -0.497 e. The lowest BCUT2D eigenvalue weighted by Crippen LogP contribution is -2.17. The molecule has 108 valence electrons. The maximum absolute atomic E-state index is 6.33. The van der Waals surface area contributed by atoms with Gasteiger partial charge in [0.25, 0.3) is 0 Å². The zero-order valence-corrected chi connectivity index (χ0v) is 12.0. The Kier molecular flexibility index (Phi) is 4.57. The summed E-state index contributed by atoms with van der Waals surface area (Å²) in [6.07, 6.45) is 2.68. The van der Waals surface area contributed by atoms with Crippen LogP contribution in [-0.4, -0.2) is 29.2 Å². The number of hydrogen-bond acceptors (Lipinski definition) is 5. The molecule has 2 rings (SSSR count). The first kappa shape index (κ1) is 14.3. The Morgan fingerprint density at radius 1 is 1.20 bits per heavy atom. The van der Waals surface area contributed by atoms with Gasteiger partial charge in [-0.3, -0.25) is 0 Å². The van der Waals surface area contributed by atoms with Gasteiger partial charge in [-0.05, 0) is 24.1 Å². The smallest absolute Gasteiger partial charge is 0.122 e. The van der Waals surface area contributed by atoms with Crippen LogP contribution in [0.15, 0.2) is 24.4 Å². The monoisotopic (exact) mass is 276 g/mol. The summed E-state index contributed by atoms with van der Waals surface area (Å²) in [5.41, 5.74) is 8.11. The van der Waals surface area contributed by atoms with E-state index in [1.807, 2.05) is 22.9 Å². The van der Waals surface area contributed by atoms with E-state index in [4.69, 9.17) is 15.2 Å². The largest absolute Gasteiger partial charge is 0.497 e. The molecule has 1 aromatic carbocycles. The predicted octanol–water partition coefficient (Wildman–Crippen LogP) is 1.75. The number of hydrogen-bond donors (Lipinski definition) is 1. The van der Waals surface area contributed by atoms with Crippen LogP contribution in [0.2, 0.25) is 0 Å². The molecule has 6 heteroatoms. The zero-order valence-electron chi connectivity index (χ0n) is 12.0. The van der Waals surface area contributed by atoms with E-state index in [-0.39, 0.29) is 6.04 Å². The van der Waals surface area contributed by atoms with Crippen molar-refractivity contribution in [2.45, 2.75) is 25.9 Å². The van der Waals surface area contributed by atoms with Crippen LogP contribution in [0.4, 0.5) is 0 Å². The molecule has 0 aliphatic heterocycles. The fraction of sp³-hybridized carbons (Fsp3) is 0.429. The number of ether oxygens (including phenoxy) is 2. The van der Waals surface area contributed by atoms with Gasteiger partial charge in [0, 0.05) is 12.6 Å². The van der Waals surface area contributed by atoms with Crippen LogP contribution in [0.25, 0.3) is 0 Å². The van der Waals surface area contributed by atoms with Crippen LogP contribution in [0.1, 0.15) is 30.6 Å². The second kappa shape index (κ2) is 6.38. The molecule has 0 bridgehead atoms. The molecule has 0 spiro atoms. The minimum absolute atomic E-state index is 0.319. The van der Waals surface area contributed by atoms with E-state index >= 15 is 0 Å².